The lowest BCUT2D eigenvalue weighted by Gasteiger charge is -1.90. The highest BCUT2D eigenvalue weighted by Crippen LogP contribution is 2.04. The van der Waals surface area contributed by atoms with Crippen LogP contribution in [0.2, 0.25) is 0 Å². The normalized spacial score (nSPS) is 13.5. The molecule has 0 unspecified atom stereocenters. The summed E-state index contributed by atoms with van der Waals surface area (Å²) in [6.07, 6.45) is 5.81. The van der Waals surface area contributed by atoms with Crippen molar-refractivity contribution >= 4 is 32.7 Å². The Labute approximate surface area is 85.7 Å². The highest BCUT2D eigenvalue weighted by Gasteiger charge is 1.87. The zero-order valence-corrected chi connectivity index (χ0v) is 9.08. The molecule has 12 heavy (non-hydrogen) atoms. The zero-order valence-electron chi connectivity index (χ0n) is 6.92. The van der Waals surface area contributed by atoms with E-state index in [4.69, 9.17) is 0 Å². The summed E-state index contributed by atoms with van der Waals surface area (Å²) < 4.78 is 1.17. The van der Waals surface area contributed by atoms with Crippen LogP contribution in [0, 0.1) is 0 Å². The summed E-state index contributed by atoms with van der Waals surface area (Å²) in [5, 5.41) is 1.94. The van der Waals surface area contributed by atoms with Gasteiger partial charge in [0, 0.05) is 15.0 Å². The molecule has 0 saturated heterocycles. The molecule has 1 nitrogen and oxygen atoms in total. The topological polar surface area (TPSA) is 12.9 Å². The van der Waals surface area contributed by atoms with Gasteiger partial charge in [-0.25, -0.2) is 0 Å². The van der Waals surface area contributed by atoms with Crippen molar-refractivity contribution in [2.45, 2.75) is 6.92 Å². The lowest BCUT2D eigenvalue weighted by Crippen LogP contribution is -2.26. The molecular weight excluding hydrogens is 261 g/mol. The van der Waals surface area contributed by atoms with Crippen molar-refractivity contribution in [2.24, 2.45) is 0 Å². The number of nitrogens with zero attached hydrogens (tertiary/aromatic N) is 1. The summed E-state index contributed by atoms with van der Waals surface area (Å²) in [5.41, 5.74) is 0. The third kappa shape index (κ3) is 2.17. The largest absolute Gasteiger partial charge is 0.257 e. The van der Waals surface area contributed by atoms with E-state index in [0.717, 1.165) is 10.6 Å². The van der Waals surface area contributed by atoms with Gasteiger partial charge >= 0.3 is 0 Å². The van der Waals surface area contributed by atoms with Crippen molar-refractivity contribution in [1.29, 1.82) is 0 Å². The number of rotatable bonds is 1. The van der Waals surface area contributed by atoms with Crippen molar-refractivity contribution in [3.63, 3.8) is 0 Å². The van der Waals surface area contributed by atoms with Crippen LogP contribution in [0.3, 0.4) is 0 Å². The fourth-order valence-electron chi connectivity index (χ4n) is 0.892. The van der Waals surface area contributed by atoms with Crippen molar-refractivity contribution in [2.75, 3.05) is 0 Å². The van der Waals surface area contributed by atoms with Crippen LogP contribution in [0.5, 0.6) is 0 Å². The Morgan fingerprint density at radius 2 is 2.42 bits per heavy atom. The van der Waals surface area contributed by atoms with Gasteiger partial charge in [0.1, 0.15) is 0 Å². The third-order valence-corrected chi connectivity index (χ3v) is 2.40. The molecule has 1 heterocycles. The van der Waals surface area contributed by atoms with Gasteiger partial charge in [-0.3, -0.25) is 4.98 Å². The van der Waals surface area contributed by atoms with E-state index in [-0.39, 0.29) is 0 Å². The smallest absolute Gasteiger partial charge is 0.0640 e. The first kappa shape index (κ1) is 9.45. The van der Waals surface area contributed by atoms with Crippen LogP contribution < -0.4 is 10.6 Å². The van der Waals surface area contributed by atoms with Gasteiger partial charge in [0.2, 0.25) is 0 Å². The maximum absolute atomic E-state index is 4.11. The van der Waals surface area contributed by atoms with Crippen LogP contribution in [0.1, 0.15) is 6.92 Å². The summed E-state index contributed by atoms with van der Waals surface area (Å²) in [6.45, 7) is 5.85. The SMILES string of the molecule is C=c1nccc/c1=C(I)/C=C\C. The number of halogens is 1. The third-order valence-electron chi connectivity index (χ3n) is 1.46. The molecule has 0 N–H and O–H groups in total. The number of hydrogen-bond donors (Lipinski definition) is 0. The minimum atomic E-state index is 0.833. The lowest BCUT2D eigenvalue weighted by molar-refractivity contribution is 1.23. The number of pyridine rings is 1. The predicted molar refractivity (Wildman–Crippen MR) is 61.3 cm³/mol. The number of hydrogen-bond acceptors (Lipinski definition) is 1. The second-order valence-electron chi connectivity index (χ2n) is 2.35. The molecule has 0 aliphatic heterocycles. The molecule has 0 fully saturated rings. The molecule has 0 spiro atoms. The quantitative estimate of drug-likeness (QED) is 0.707. The first-order valence-corrected chi connectivity index (χ1v) is 4.76. The van der Waals surface area contributed by atoms with E-state index in [1.54, 1.807) is 6.20 Å². The number of allylic oxidation sites excluding steroid dienone is 2. The van der Waals surface area contributed by atoms with Gasteiger partial charge in [0.05, 0.1) is 5.35 Å². The van der Waals surface area contributed by atoms with E-state index in [2.05, 4.69) is 34.2 Å². The van der Waals surface area contributed by atoms with Gasteiger partial charge in [-0.2, -0.15) is 0 Å². The summed E-state index contributed by atoms with van der Waals surface area (Å²) in [4.78, 5) is 4.11. The van der Waals surface area contributed by atoms with Gasteiger partial charge < -0.3 is 0 Å². The van der Waals surface area contributed by atoms with Crippen LogP contribution in [0.4, 0.5) is 0 Å². The zero-order chi connectivity index (χ0) is 8.97. The average molecular weight is 271 g/mol. The molecule has 1 rings (SSSR count). The molecule has 0 saturated carbocycles. The van der Waals surface area contributed by atoms with E-state index in [9.17, 15) is 0 Å². The molecule has 1 aromatic rings. The molecule has 0 aliphatic rings. The monoisotopic (exact) mass is 271 g/mol. The minimum Gasteiger partial charge on any atom is -0.257 e. The lowest BCUT2D eigenvalue weighted by atomic mass is 10.3. The van der Waals surface area contributed by atoms with Crippen LogP contribution in [0.15, 0.2) is 30.5 Å². The minimum absolute atomic E-state index is 0.833. The maximum atomic E-state index is 4.11. The molecule has 0 atom stereocenters. The molecule has 0 aromatic carbocycles. The summed E-state index contributed by atoms with van der Waals surface area (Å²) in [5.74, 6) is 0. The van der Waals surface area contributed by atoms with Gasteiger partial charge in [-0.1, -0.05) is 24.8 Å². The molecule has 0 bridgehead atoms. The average Bonchev–Trinajstić information content (AvgIpc) is 2.05. The van der Waals surface area contributed by atoms with Crippen molar-refractivity contribution < 1.29 is 0 Å². The Bertz CT molecular complexity index is 393. The van der Waals surface area contributed by atoms with Gasteiger partial charge in [0.15, 0.2) is 0 Å². The van der Waals surface area contributed by atoms with Crippen molar-refractivity contribution in [3.8, 4) is 0 Å². The molecule has 0 aliphatic carbocycles. The van der Waals surface area contributed by atoms with Crippen molar-refractivity contribution in [3.05, 3.63) is 41.0 Å². The molecule has 62 valence electrons. The Balaban J connectivity index is 3.45. The van der Waals surface area contributed by atoms with E-state index in [0.29, 0.717) is 0 Å². The predicted octanol–water partition coefficient (Wildman–Crippen LogP) is 1.61. The van der Waals surface area contributed by atoms with Gasteiger partial charge in [-0.05, 0) is 35.6 Å². The van der Waals surface area contributed by atoms with Crippen molar-refractivity contribution in [1.82, 2.24) is 4.98 Å². The standard InChI is InChI=1S/C10H10IN/c1-3-5-10(11)9-6-4-7-12-8(9)2/h3-7H,2H2,1H3/b5-3-,10-9+. The van der Waals surface area contributed by atoms with Gasteiger partial charge in [0.25, 0.3) is 0 Å². The Kier molecular flexibility index (Phi) is 3.47. The molecular formula is C10H10IN. The fourth-order valence-corrected chi connectivity index (χ4v) is 1.74. The first-order chi connectivity index (χ1) is 5.75. The molecule has 0 radical (unpaired) electrons. The second kappa shape index (κ2) is 4.40. The molecule has 1 aromatic heterocycles. The Hall–Kier alpha value is -0.640. The summed E-state index contributed by atoms with van der Waals surface area (Å²) in [6, 6.07) is 3.95. The van der Waals surface area contributed by atoms with E-state index >= 15 is 0 Å². The first-order valence-electron chi connectivity index (χ1n) is 3.68. The fraction of sp³-hybridized carbons (Fsp3) is 0.100. The van der Waals surface area contributed by atoms with Crippen LogP contribution >= 0.6 is 22.6 Å². The summed E-state index contributed by atoms with van der Waals surface area (Å²) in [7, 11) is 0. The maximum Gasteiger partial charge on any atom is 0.0640 e. The van der Waals surface area contributed by atoms with Crippen LogP contribution in [0.25, 0.3) is 10.2 Å². The molecule has 2 heteroatoms. The van der Waals surface area contributed by atoms with E-state index < -0.39 is 0 Å². The van der Waals surface area contributed by atoms with Crippen LogP contribution in [-0.2, 0) is 0 Å². The molecule has 0 amide bonds. The second-order valence-corrected chi connectivity index (χ2v) is 3.51. The van der Waals surface area contributed by atoms with Crippen LogP contribution in [-0.4, -0.2) is 4.98 Å². The Morgan fingerprint density at radius 3 is 3.00 bits per heavy atom. The van der Waals surface area contributed by atoms with E-state index in [1.807, 2.05) is 31.2 Å². The summed E-state index contributed by atoms with van der Waals surface area (Å²) >= 11 is 2.28. The highest BCUT2D eigenvalue weighted by atomic mass is 127. The van der Waals surface area contributed by atoms with E-state index in [1.165, 1.54) is 3.58 Å². The Morgan fingerprint density at radius 1 is 1.67 bits per heavy atom. The number of aromatic nitrogens is 1. The highest BCUT2D eigenvalue weighted by molar-refractivity contribution is 14.1. The van der Waals surface area contributed by atoms with Gasteiger partial charge in [-0.15, -0.1) is 0 Å².